The van der Waals surface area contributed by atoms with Gasteiger partial charge in [0.15, 0.2) is 5.82 Å². The lowest BCUT2D eigenvalue weighted by Gasteiger charge is -2.04. The maximum atomic E-state index is 12.0. The molecule has 23 heavy (non-hydrogen) atoms. The summed E-state index contributed by atoms with van der Waals surface area (Å²) in [4.78, 5) is 12.0. The van der Waals surface area contributed by atoms with Gasteiger partial charge >= 0.3 is 0 Å². The first kappa shape index (κ1) is 14.8. The number of carbonyl (C=O) groups excluding carboxylic acids is 1. The molecule has 7 heteroatoms. The number of fused-ring (bicyclic) bond motifs is 1. The number of anilines is 1. The summed E-state index contributed by atoms with van der Waals surface area (Å²) < 4.78 is 3.29. The van der Waals surface area contributed by atoms with Crippen LogP contribution in [-0.4, -0.2) is 25.5 Å². The SMILES string of the molecule is Cc1ccc2c(cnn2CCC(=O)Nc2ccn(CC#N)n2)c1. The Morgan fingerprint density at radius 2 is 2.26 bits per heavy atom. The number of amides is 1. The van der Waals surface area contributed by atoms with E-state index in [-0.39, 0.29) is 12.5 Å². The summed E-state index contributed by atoms with van der Waals surface area (Å²) in [7, 11) is 0. The predicted molar refractivity (Wildman–Crippen MR) is 85.6 cm³/mol. The van der Waals surface area contributed by atoms with Crippen LogP contribution in [0.5, 0.6) is 0 Å². The molecule has 0 aliphatic heterocycles. The van der Waals surface area contributed by atoms with Crippen molar-refractivity contribution in [1.29, 1.82) is 5.26 Å². The normalized spacial score (nSPS) is 10.6. The minimum absolute atomic E-state index is 0.136. The van der Waals surface area contributed by atoms with Crippen LogP contribution in [0.15, 0.2) is 36.7 Å². The fourth-order valence-corrected chi connectivity index (χ4v) is 2.39. The quantitative estimate of drug-likeness (QED) is 0.781. The molecule has 2 aromatic heterocycles. The second kappa shape index (κ2) is 6.32. The van der Waals surface area contributed by atoms with Crippen molar-refractivity contribution in [2.24, 2.45) is 0 Å². The van der Waals surface area contributed by atoms with Gasteiger partial charge in [0.05, 0.1) is 24.3 Å². The number of nitriles is 1. The van der Waals surface area contributed by atoms with E-state index in [1.54, 1.807) is 12.3 Å². The van der Waals surface area contributed by atoms with E-state index in [1.165, 1.54) is 10.2 Å². The summed E-state index contributed by atoms with van der Waals surface area (Å²) in [5.41, 5.74) is 2.20. The van der Waals surface area contributed by atoms with E-state index in [0.29, 0.717) is 18.8 Å². The molecule has 0 spiro atoms. The van der Waals surface area contributed by atoms with Crippen LogP contribution in [0.1, 0.15) is 12.0 Å². The Hall–Kier alpha value is -3.14. The van der Waals surface area contributed by atoms with Gasteiger partial charge in [-0.05, 0) is 19.1 Å². The Bertz CT molecular complexity index is 885. The molecular weight excluding hydrogens is 292 g/mol. The summed E-state index contributed by atoms with van der Waals surface area (Å²) >= 11 is 0. The van der Waals surface area contributed by atoms with Gasteiger partial charge in [-0.2, -0.15) is 15.5 Å². The van der Waals surface area contributed by atoms with Gasteiger partial charge in [0, 0.05) is 24.1 Å². The average molecular weight is 308 g/mol. The zero-order chi connectivity index (χ0) is 16.2. The fourth-order valence-electron chi connectivity index (χ4n) is 2.39. The monoisotopic (exact) mass is 308 g/mol. The van der Waals surface area contributed by atoms with Crippen molar-refractivity contribution in [2.75, 3.05) is 5.32 Å². The van der Waals surface area contributed by atoms with Crippen molar-refractivity contribution in [1.82, 2.24) is 19.6 Å². The van der Waals surface area contributed by atoms with E-state index >= 15 is 0 Å². The topological polar surface area (TPSA) is 88.5 Å². The van der Waals surface area contributed by atoms with Gasteiger partial charge in [0.1, 0.15) is 6.54 Å². The highest BCUT2D eigenvalue weighted by molar-refractivity contribution is 5.89. The van der Waals surface area contributed by atoms with E-state index in [9.17, 15) is 4.79 Å². The standard InChI is InChI=1S/C16H16N6O/c1-12-2-3-14-13(10-12)11-18-22(14)8-5-16(23)19-15-4-7-21(20-15)9-6-17/h2-4,7,10-11H,5,8-9H2,1H3,(H,19,20,23). The van der Waals surface area contributed by atoms with E-state index in [2.05, 4.69) is 21.6 Å². The van der Waals surface area contributed by atoms with Gasteiger partial charge in [-0.3, -0.25) is 14.2 Å². The highest BCUT2D eigenvalue weighted by Gasteiger charge is 2.08. The lowest BCUT2D eigenvalue weighted by atomic mass is 10.2. The van der Waals surface area contributed by atoms with Gasteiger partial charge in [-0.25, -0.2) is 0 Å². The number of rotatable bonds is 5. The summed E-state index contributed by atoms with van der Waals surface area (Å²) in [6.45, 7) is 2.70. The summed E-state index contributed by atoms with van der Waals surface area (Å²) in [5.74, 6) is 0.314. The number of aromatic nitrogens is 4. The first-order valence-corrected chi connectivity index (χ1v) is 7.28. The van der Waals surface area contributed by atoms with Gasteiger partial charge in [-0.15, -0.1) is 0 Å². The first-order valence-electron chi connectivity index (χ1n) is 7.28. The molecule has 1 N–H and O–H groups in total. The van der Waals surface area contributed by atoms with Crippen LogP contribution in [0, 0.1) is 18.3 Å². The van der Waals surface area contributed by atoms with Crippen LogP contribution >= 0.6 is 0 Å². The van der Waals surface area contributed by atoms with Crippen molar-refractivity contribution >= 4 is 22.6 Å². The largest absolute Gasteiger partial charge is 0.309 e. The molecule has 2 heterocycles. The number of nitrogens with zero attached hydrogens (tertiary/aromatic N) is 5. The molecule has 3 rings (SSSR count). The number of hydrogen-bond acceptors (Lipinski definition) is 4. The molecule has 0 fully saturated rings. The number of benzene rings is 1. The lowest BCUT2D eigenvalue weighted by Crippen LogP contribution is -2.15. The molecule has 0 radical (unpaired) electrons. The third-order valence-electron chi connectivity index (χ3n) is 3.49. The Morgan fingerprint density at radius 3 is 3.09 bits per heavy atom. The first-order chi connectivity index (χ1) is 11.2. The molecule has 0 bridgehead atoms. The van der Waals surface area contributed by atoms with Gasteiger partial charge in [-0.1, -0.05) is 11.6 Å². The maximum Gasteiger partial charge on any atom is 0.227 e. The van der Waals surface area contributed by atoms with Crippen LogP contribution in [0.25, 0.3) is 10.9 Å². The Labute approximate surface area is 133 Å². The molecule has 1 amide bonds. The van der Waals surface area contributed by atoms with Crippen molar-refractivity contribution in [3.8, 4) is 6.07 Å². The van der Waals surface area contributed by atoms with Gasteiger partial charge < -0.3 is 5.32 Å². The Balaban J connectivity index is 1.60. The average Bonchev–Trinajstić information content (AvgIpc) is 3.12. The summed E-state index contributed by atoms with van der Waals surface area (Å²) in [6.07, 6.45) is 3.77. The van der Waals surface area contributed by atoms with Crippen molar-refractivity contribution in [3.05, 3.63) is 42.2 Å². The third-order valence-corrected chi connectivity index (χ3v) is 3.49. The second-order valence-electron chi connectivity index (χ2n) is 5.28. The zero-order valence-electron chi connectivity index (χ0n) is 12.7. The Morgan fingerprint density at radius 1 is 1.39 bits per heavy atom. The molecule has 0 atom stereocenters. The minimum atomic E-state index is -0.136. The van der Waals surface area contributed by atoms with Crippen LogP contribution < -0.4 is 5.32 Å². The minimum Gasteiger partial charge on any atom is -0.309 e. The fraction of sp³-hybridized carbons (Fsp3) is 0.250. The van der Waals surface area contributed by atoms with Crippen molar-refractivity contribution in [3.63, 3.8) is 0 Å². The molecule has 0 saturated carbocycles. The lowest BCUT2D eigenvalue weighted by molar-refractivity contribution is -0.116. The van der Waals surface area contributed by atoms with Gasteiger partial charge in [0.2, 0.25) is 5.91 Å². The van der Waals surface area contributed by atoms with Crippen LogP contribution in [-0.2, 0) is 17.9 Å². The van der Waals surface area contributed by atoms with Crippen molar-refractivity contribution < 1.29 is 4.79 Å². The number of nitrogens with one attached hydrogen (secondary N) is 1. The molecule has 3 aromatic rings. The molecule has 1 aromatic carbocycles. The third kappa shape index (κ3) is 3.37. The van der Waals surface area contributed by atoms with Crippen LogP contribution in [0.4, 0.5) is 5.82 Å². The highest BCUT2D eigenvalue weighted by atomic mass is 16.1. The van der Waals surface area contributed by atoms with E-state index < -0.39 is 0 Å². The molecule has 7 nitrogen and oxygen atoms in total. The smallest absolute Gasteiger partial charge is 0.227 e. The highest BCUT2D eigenvalue weighted by Crippen LogP contribution is 2.15. The van der Waals surface area contributed by atoms with E-state index in [0.717, 1.165) is 10.9 Å². The second-order valence-corrected chi connectivity index (χ2v) is 5.28. The molecule has 116 valence electrons. The summed E-state index contributed by atoms with van der Waals surface area (Å²) in [6, 6.07) is 9.77. The van der Waals surface area contributed by atoms with E-state index in [4.69, 9.17) is 5.26 Å². The maximum absolute atomic E-state index is 12.0. The van der Waals surface area contributed by atoms with E-state index in [1.807, 2.05) is 36.0 Å². The Kier molecular flexibility index (Phi) is 4.06. The van der Waals surface area contributed by atoms with Crippen LogP contribution in [0.3, 0.4) is 0 Å². The number of hydrogen-bond donors (Lipinski definition) is 1. The molecule has 0 unspecified atom stereocenters. The molecule has 0 aliphatic carbocycles. The molecule has 0 saturated heterocycles. The molecule has 0 aliphatic rings. The summed E-state index contributed by atoms with van der Waals surface area (Å²) in [5, 5.41) is 20.8. The zero-order valence-corrected chi connectivity index (χ0v) is 12.7. The van der Waals surface area contributed by atoms with Gasteiger partial charge in [0.25, 0.3) is 0 Å². The van der Waals surface area contributed by atoms with Crippen LogP contribution in [0.2, 0.25) is 0 Å². The number of aryl methyl sites for hydroxylation is 2. The molecular formula is C16H16N6O. The van der Waals surface area contributed by atoms with Crippen molar-refractivity contribution in [2.45, 2.75) is 26.4 Å². The predicted octanol–water partition coefficient (Wildman–Crippen LogP) is 2.09. The number of carbonyl (C=O) groups is 1.